The lowest BCUT2D eigenvalue weighted by molar-refractivity contribution is -0.148. The van der Waals surface area contributed by atoms with Crippen molar-refractivity contribution in [2.45, 2.75) is 51.4 Å². The van der Waals surface area contributed by atoms with Crippen molar-refractivity contribution in [2.24, 2.45) is 23.5 Å². The van der Waals surface area contributed by atoms with E-state index in [2.05, 4.69) is 5.32 Å². The zero-order valence-corrected chi connectivity index (χ0v) is 15.5. The number of amides is 2. The van der Waals surface area contributed by atoms with E-state index in [0.29, 0.717) is 28.8 Å². The number of hydrogen-bond donors (Lipinski definition) is 2. The minimum atomic E-state index is -0.520. The van der Waals surface area contributed by atoms with E-state index in [1.165, 1.54) is 30.6 Å². The molecule has 2 bridgehead atoms. The lowest BCUT2D eigenvalue weighted by Gasteiger charge is -2.20. The van der Waals surface area contributed by atoms with Gasteiger partial charge in [-0.1, -0.05) is 6.42 Å². The molecule has 26 heavy (non-hydrogen) atoms. The molecule has 3 aliphatic rings. The van der Waals surface area contributed by atoms with Crippen LogP contribution in [0.3, 0.4) is 0 Å². The van der Waals surface area contributed by atoms with Gasteiger partial charge in [0.1, 0.15) is 5.00 Å². The molecule has 0 aromatic carbocycles. The molecular formula is C19H24N2O4S. The van der Waals surface area contributed by atoms with Crippen LogP contribution in [0.2, 0.25) is 0 Å². The molecule has 1 heterocycles. The molecule has 0 aliphatic heterocycles. The Morgan fingerprint density at radius 3 is 2.73 bits per heavy atom. The van der Waals surface area contributed by atoms with Crippen molar-refractivity contribution in [2.75, 3.05) is 11.9 Å². The van der Waals surface area contributed by atoms with Crippen LogP contribution in [-0.2, 0) is 27.2 Å². The Balaban J connectivity index is 1.29. The fourth-order valence-electron chi connectivity index (χ4n) is 4.96. The zero-order chi connectivity index (χ0) is 18.3. The van der Waals surface area contributed by atoms with Crippen LogP contribution in [0.1, 0.15) is 59.3 Å². The molecule has 3 aliphatic carbocycles. The molecule has 4 rings (SSSR count). The summed E-state index contributed by atoms with van der Waals surface area (Å²) < 4.78 is 5.16. The van der Waals surface area contributed by atoms with Crippen molar-refractivity contribution in [3.8, 4) is 0 Å². The number of carbonyl (C=O) groups excluding carboxylic acids is 3. The van der Waals surface area contributed by atoms with E-state index in [0.717, 1.165) is 42.0 Å². The van der Waals surface area contributed by atoms with Crippen molar-refractivity contribution in [3.05, 3.63) is 16.0 Å². The lowest BCUT2D eigenvalue weighted by atomic mass is 9.86. The number of anilines is 1. The number of thiophene rings is 1. The zero-order valence-electron chi connectivity index (χ0n) is 14.7. The van der Waals surface area contributed by atoms with Gasteiger partial charge < -0.3 is 15.8 Å². The van der Waals surface area contributed by atoms with Gasteiger partial charge in [0.15, 0.2) is 6.61 Å². The Labute approximate surface area is 156 Å². The van der Waals surface area contributed by atoms with Crippen molar-refractivity contribution >= 4 is 34.1 Å². The standard InChI is InChI=1S/C19H24N2O4S/c20-18(24)17-13-2-1-3-14(13)26-19(17)21-15(22)9-25-16(23)8-12-7-10-4-5-11(12)6-10/h10-12H,1-9H2,(H2,20,24)(H,21,22). The summed E-state index contributed by atoms with van der Waals surface area (Å²) in [7, 11) is 0. The van der Waals surface area contributed by atoms with Crippen molar-refractivity contribution in [3.63, 3.8) is 0 Å². The topological polar surface area (TPSA) is 98.5 Å². The second-order valence-corrected chi connectivity index (χ2v) is 8.88. The van der Waals surface area contributed by atoms with Crippen LogP contribution in [0.15, 0.2) is 0 Å². The predicted octanol–water partition coefficient (Wildman–Crippen LogP) is 2.64. The van der Waals surface area contributed by atoms with Gasteiger partial charge in [0.05, 0.1) is 5.56 Å². The maximum absolute atomic E-state index is 12.1. The number of rotatable bonds is 6. The molecule has 3 N–H and O–H groups in total. The molecule has 3 atom stereocenters. The molecule has 0 spiro atoms. The van der Waals surface area contributed by atoms with Gasteiger partial charge in [-0.2, -0.15) is 0 Å². The van der Waals surface area contributed by atoms with Crippen LogP contribution in [0.5, 0.6) is 0 Å². The number of aryl methyl sites for hydroxylation is 1. The Hall–Kier alpha value is -1.89. The maximum Gasteiger partial charge on any atom is 0.306 e. The largest absolute Gasteiger partial charge is 0.456 e. The minimum absolute atomic E-state index is 0.304. The Morgan fingerprint density at radius 1 is 1.19 bits per heavy atom. The van der Waals surface area contributed by atoms with Gasteiger partial charge in [-0.3, -0.25) is 14.4 Å². The highest BCUT2D eigenvalue weighted by Crippen LogP contribution is 2.49. The molecule has 6 nitrogen and oxygen atoms in total. The summed E-state index contributed by atoms with van der Waals surface area (Å²) in [6.07, 6.45) is 8.04. The van der Waals surface area contributed by atoms with Crippen LogP contribution in [0.25, 0.3) is 0 Å². The third-order valence-electron chi connectivity index (χ3n) is 6.10. The van der Waals surface area contributed by atoms with E-state index in [1.54, 1.807) is 0 Å². The van der Waals surface area contributed by atoms with E-state index in [9.17, 15) is 14.4 Å². The summed E-state index contributed by atoms with van der Waals surface area (Å²) in [5, 5.41) is 3.18. The number of primary amides is 1. The lowest BCUT2D eigenvalue weighted by Crippen LogP contribution is -2.24. The summed E-state index contributed by atoms with van der Waals surface area (Å²) in [6.45, 7) is -0.319. The first-order valence-electron chi connectivity index (χ1n) is 9.41. The Morgan fingerprint density at radius 2 is 2.04 bits per heavy atom. The SMILES string of the molecule is NC(=O)c1c(NC(=O)COC(=O)CC2CC3CCC2C3)sc2c1CCC2. The highest BCUT2D eigenvalue weighted by Gasteiger charge is 2.40. The average Bonchev–Trinajstić information content (AvgIpc) is 3.32. The fourth-order valence-corrected chi connectivity index (χ4v) is 6.27. The summed E-state index contributed by atoms with van der Waals surface area (Å²) in [6, 6.07) is 0. The van der Waals surface area contributed by atoms with Crippen LogP contribution in [0.4, 0.5) is 5.00 Å². The quantitative estimate of drug-likeness (QED) is 0.746. The van der Waals surface area contributed by atoms with E-state index >= 15 is 0 Å². The van der Waals surface area contributed by atoms with Gasteiger partial charge in [0, 0.05) is 11.3 Å². The summed E-state index contributed by atoms with van der Waals surface area (Å²) >= 11 is 1.40. The second kappa shape index (κ2) is 7.02. The van der Waals surface area contributed by atoms with E-state index in [4.69, 9.17) is 10.5 Å². The molecule has 2 amide bonds. The second-order valence-electron chi connectivity index (χ2n) is 7.77. The van der Waals surface area contributed by atoms with E-state index in [1.807, 2.05) is 0 Å². The third kappa shape index (κ3) is 3.37. The van der Waals surface area contributed by atoms with Crippen LogP contribution in [-0.4, -0.2) is 24.4 Å². The average molecular weight is 376 g/mol. The summed E-state index contributed by atoms with van der Waals surface area (Å²) in [5.41, 5.74) is 6.87. The molecule has 1 aromatic heterocycles. The predicted molar refractivity (Wildman–Crippen MR) is 98.0 cm³/mol. The first-order chi connectivity index (χ1) is 12.5. The van der Waals surface area contributed by atoms with Crippen molar-refractivity contribution in [1.82, 2.24) is 0 Å². The number of esters is 1. The van der Waals surface area contributed by atoms with Crippen LogP contribution >= 0.6 is 11.3 Å². The summed E-state index contributed by atoms with van der Waals surface area (Å²) in [5.74, 6) is 0.622. The highest BCUT2D eigenvalue weighted by atomic mass is 32.1. The molecular weight excluding hydrogens is 352 g/mol. The van der Waals surface area contributed by atoms with Gasteiger partial charge in [0.2, 0.25) is 0 Å². The number of fused-ring (bicyclic) bond motifs is 3. The van der Waals surface area contributed by atoms with Crippen molar-refractivity contribution < 1.29 is 19.1 Å². The van der Waals surface area contributed by atoms with Gasteiger partial charge >= 0.3 is 5.97 Å². The molecule has 140 valence electrons. The molecule has 0 saturated heterocycles. The smallest absolute Gasteiger partial charge is 0.306 e. The molecule has 1 aromatic rings. The summed E-state index contributed by atoms with van der Waals surface area (Å²) in [4.78, 5) is 37.0. The van der Waals surface area contributed by atoms with Crippen LogP contribution in [0, 0.1) is 17.8 Å². The number of nitrogens with one attached hydrogen (secondary N) is 1. The number of nitrogens with two attached hydrogens (primary N) is 1. The third-order valence-corrected chi connectivity index (χ3v) is 7.31. The first-order valence-corrected chi connectivity index (χ1v) is 10.2. The molecule has 3 unspecified atom stereocenters. The number of ether oxygens (including phenoxy) is 1. The molecule has 7 heteroatoms. The molecule has 2 saturated carbocycles. The van der Waals surface area contributed by atoms with Gasteiger partial charge in [0.25, 0.3) is 11.8 Å². The monoisotopic (exact) mass is 376 g/mol. The maximum atomic E-state index is 12.1. The fraction of sp³-hybridized carbons (Fsp3) is 0.632. The first kappa shape index (κ1) is 17.5. The Bertz CT molecular complexity index is 757. The van der Waals surface area contributed by atoms with E-state index in [-0.39, 0.29) is 12.6 Å². The number of carbonyl (C=O) groups is 3. The minimum Gasteiger partial charge on any atom is -0.456 e. The van der Waals surface area contributed by atoms with Gasteiger partial charge in [-0.05, 0) is 61.8 Å². The number of hydrogen-bond acceptors (Lipinski definition) is 5. The molecule has 0 radical (unpaired) electrons. The highest BCUT2D eigenvalue weighted by molar-refractivity contribution is 7.17. The van der Waals surface area contributed by atoms with Crippen LogP contribution < -0.4 is 11.1 Å². The van der Waals surface area contributed by atoms with Crippen molar-refractivity contribution in [1.29, 1.82) is 0 Å². The van der Waals surface area contributed by atoms with Gasteiger partial charge in [-0.15, -0.1) is 11.3 Å². The molecule has 2 fully saturated rings. The normalized spacial score (nSPS) is 25.9. The Kier molecular flexibility index (Phi) is 4.73. The van der Waals surface area contributed by atoms with Gasteiger partial charge in [-0.25, -0.2) is 0 Å². The van der Waals surface area contributed by atoms with E-state index < -0.39 is 11.8 Å².